The molecule has 0 aliphatic heterocycles. The molecule has 0 atom stereocenters. The van der Waals surface area contributed by atoms with Crippen molar-refractivity contribution in [1.29, 1.82) is 0 Å². The molecule has 0 unspecified atom stereocenters. The number of aryl methyl sites for hydroxylation is 2. The summed E-state index contributed by atoms with van der Waals surface area (Å²) in [6.45, 7) is 5.21. The highest BCUT2D eigenvalue weighted by molar-refractivity contribution is 5.49. The van der Waals surface area contributed by atoms with Gasteiger partial charge in [0.1, 0.15) is 0 Å². The number of alkyl halides is 3. The van der Waals surface area contributed by atoms with Gasteiger partial charge in [0.15, 0.2) is 0 Å². The molecule has 2 aromatic rings. The smallest absolute Gasteiger partial charge is 0.383 e. The van der Waals surface area contributed by atoms with E-state index >= 15 is 0 Å². The predicted octanol–water partition coefficient (Wildman–Crippen LogP) is 4.85. The summed E-state index contributed by atoms with van der Waals surface area (Å²) >= 11 is 0. The lowest BCUT2D eigenvalue weighted by Gasteiger charge is -2.12. The Hall–Kier alpha value is -2.17. The Morgan fingerprint density at radius 2 is 1.41 bits per heavy atom. The van der Waals surface area contributed by atoms with Crippen LogP contribution < -0.4 is 10.6 Å². The lowest BCUT2D eigenvalue weighted by molar-refractivity contribution is -0.137. The van der Waals surface area contributed by atoms with Crippen LogP contribution in [0.1, 0.15) is 16.7 Å². The summed E-state index contributed by atoms with van der Waals surface area (Å²) in [5.74, 6) is 0. The van der Waals surface area contributed by atoms with E-state index in [4.69, 9.17) is 0 Å². The molecule has 0 bridgehead atoms. The molecule has 5 heteroatoms. The molecule has 0 aliphatic rings. The molecule has 2 rings (SSSR count). The first kappa shape index (κ1) is 16.2. The first-order chi connectivity index (χ1) is 10.3. The number of halogens is 3. The zero-order valence-corrected chi connectivity index (χ0v) is 12.6. The quantitative estimate of drug-likeness (QED) is 0.772. The lowest BCUT2D eigenvalue weighted by Crippen LogP contribution is -2.14. The maximum atomic E-state index is 12.6. The molecular formula is C17H19F3N2. The lowest BCUT2D eigenvalue weighted by atomic mass is 10.1. The summed E-state index contributed by atoms with van der Waals surface area (Å²) in [4.78, 5) is 0. The minimum atomic E-state index is -4.31. The Bertz CT molecular complexity index is 616. The van der Waals surface area contributed by atoms with Crippen LogP contribution in [0.25, 0.3) is 0 Å². The maximum Gasteiger partial charge on any atom is 0.416 e. The number of hydrogen-bond acceptors (Lipinski definition) is 2. The molecule has 0 saturated heterocycles. The number of anilines is 2. The summed E-state index contributed by atoms with van der Waals surface area (Å²) < 4.78 is 37.8. The average Bonchev–Trinajstić information content (AvgIpc) is 2.42. The molecule has 2 aromatic carbocycles. The van der Waals surface area contributed by atoms with Gasteiger partial charge >= 0.3 is 6.18 Å². The van der Waals surface area contributed by atoms with E-state index in [1.165, 1.54) is 17.2 Å². The van der Waals surface area contributed by atoms with E-state index in [0.717, 1.165) is 17.8 Å². The zero-order valence-electron chi connectivity index (χ0n) is 12.6. The third-order valence-electron chi connectivity index (χ3n) is 3.19. The molecule has 0 heterocycles. The average molecular weight is 308 g/mol. The van der Waals surface area contributed by atoms with Crippen molar-refractivity contribution in [3.8, 4) is 0 Å². The Labute approximate surface area is 128 Å². The fourth-order valence-electron chi connectivity index (χ4n) is 2.30. The van der Waals surface area contributed by atoms with E-state index in [0.29, 0.717) is 18.8 Å². The molecule has 22 heavy (non-hydrogen) atoms. The van der Waals surface area contributed by atoms with Crippen molar-refractivity contribution in [2.45, 2.75) is 20.0 Å². The van der Waals surface area contributed by atoms with Crippen LogP contribution in [0, 0.1) is 13.8 Å². The third-order valence-corrected chi connectivity index (χ3v) is 3.19. The summed E-state index contributed by atoms with van der Waals surface area (Å²) in [7, 11) is 0. The van der Waals surface area contributed by atoms with Gasteiger partial charge in [-0.25, -0.2) is 0 Å². The van der Waals surface area contributed by atoms with Crippen LogP contribution in [-0.2, 0) is 6.18 Å². The Morgan fingerprint density at radius 3 is 2.00 bits per heavy atom. The van der Waals surface area contributed by atoms with Crippen molar-refractivity contribution >= 4 is 11.4 Å². The van der Waals surface area contributed by atoms with Crippen molar-refractivity contribution < 1.29 is 13.2 Å². The van der Waals surface area contributed by atoms with Crippen LogP contribution in [-0.4, -0.2) is 13.1 Å². The molecule has 0 aliphatic carbocycles. The van der Waals surface area contributed by atoms with Crippen molar-refractivity contribution in [2.75, 3.05) is 23.7 Å². The number of hydrogen-bond donors (Lipinski definition) is 2. The standard InChI is InChI=1S/C17H19F3N2/c1-12-8-13(2)10-16(9-12)22-7-6-21-15-5-3-4-14(11-15)17(18,19)20/h3-5,8-11,21-22H,6-7H2,1-2H3. The first-order valence-corrected chi connectivity index (χ1v) is 7.08. The fraction of sp³-hybridized carbons (Fsp3) is 0.294. The molecule has 0 saturated carbocycles. The highest BCUT2D eigenvalue weighted by Crippen LogP contribution is 2.30. The zero-order chi connectivity index (χ0) is 16.2. The monoisotopic (exact) mass is 308 g/mol. The second-order valence-corrected chi connectivity index (χ2v) is 5.31. The second kappa shape index (κ2) is 6.73. The van der Waals surface area contributed by atoms with Gasteiger partial charge in [-0.3, -0.25) is 0 Å². The molecule has 2 N–H and O–H groups in total. The van der Waals surface area contributed by atoms with Crippen LogP contribution in [0.4, 0.5) is 24.5 Å². The maximum absolute atomic E-state index is 12.6. The van der Waals surface area contributed by atoms with E-state index in [-0.39, 0.29) is 0 Å². The Kier molecular flexibility index (Phi) is 4.96. The van der Waals surface area contributed by atoms with Gasteiger partial charge < -0.3 is 10.6 Å². The summed E-state index contributed by atoms with van der Waals surface area (Å²) in [6, 6.07) is 11.4. The number of nitrogens with one attached hydrogen (secondary N) is 2. The van der Waals surface area contributed by atoms with Gasteiger partial charge in [0.2, 0.25) is 0 Å². The topological polar surface area (TPSA) is 24.1 Å². The van der Waals surface area contributed by atoms with Crippen LogP contribution in [0.5, 0.6) is 0 Å². The van der Waals surface area contributed by atoms with Crippen molar-refractivity contribution in [1.82, 2.24) is 0 Å². The van der Waals surface area contributed by atoms with Crippen molar-refractivity contribution in [2.24, 2.45) is 0 Å². The van der Waals surface area contributed by atoms with Gasteiger partial charge in [0.05, 0.1) is 5.56 Å². The Balaban J connectivity index is 1.86. The summed E-state index contributed by atoms with van der Waals surface area (Å²) in [5.41, 5.74) is 3.20. The molecule has 0 aromatic heterocycles. The first-order valence-electron chi connectivity index (χ1n) is 7.08. The minimum absolute atomic E-state index is 0.469. The molecule has 0 radical (unpaired) electrons. The van der Waals surface area contributed by atoms with Crippen molar-refractivity contribution in [3.63, 3.8) is 0 Å². The predicted molar refractivity (Wildman–Crippen MR) is 84.3 cm³/mol. The molecule has 0 spiro atoms. The van der Waals surface area contributed by atoms with E-state index in [9.17, 15) is 13.2 Å². The number of rotatable bonds is 5. The minimum Gasteiger partial charge on any atom is -0.383 e. The van der Waals surface area contributed by atoms with Crippen LogP contribution >= 0.6 is 0 Å². The highest BCUT2D eigenvalue weighted by atomic mass is 19.4. The molecule has 2 nitrogen and oxygen atoms in total. The van der Waals surface area contributed by atoms with Gasteiger partial charge in [0, 0.05) is 24.5 Å². The normalized spacial score (nSPS) is 11.3. The molecular weight excluding hydrogens is 289 g/mol. The van der Waals surface area contributed by atoms with Gasteiger partial charge in [0.25, 0.3) is 0 Å². The summed E-state index contributed by atoms with van der Waals surface area (Å²) in [6.07, 6.45) is -4.31. The highest BCUT2D eigenvalue weighted by Gasteiger charge is 2.30. The van der Waals surface area contributed by atoms with Gasteiger partial charge in [-0.2, -0.15) is 13.2 Å². The molecule has 0 fully saturated rings. The van der Waals surface area contributed by atoms with Crippen LogP contribution in [0.15, 0.2) is 42.5 Å². The van der Waals surface area contributed by atoms with Gasteiger partial charge in [-0.05, 0) is 55.3 Å². The van der Waals surface area contributed by atoms with Crippen molar-refractivity contribution in [3.05, 3.63) is 59.2 Å². The van der Waals surface area contributed by atoms with Gasteiger partial charge in [-0.1, -0.05) is 12.1 Å². The van der Waals surface area contributed by atoms with Crippen LogP contribution in [0.3, 0.4) is 0 Å². The Morgan fingerprint density at radius 1 is 0.818 bits per heavy atom. The number of benzene rings is 2. The molecule has 0 amide bonds. The SMILES string of the molecule is Cc1cc(C)cc(NCCNc2cccc(C(F)(F)F)c2)c1. The van der Waals surface area contributed by atoms with E-state index in [2.05, 4.69) is 16.7 Å². The van der Waals surface area contributed by atoms with E-state index < -0.39 is 11.7 Å². The van der Waals surface area contributed by atoms with Gasteiger partial charge in [-0.15, -0.1) is 0 Å². The van der Waals surface area contributed by atoms with E-state index in [1.54, 1.807) is 6.07 Å². The largest absolute Gasteiger partial charge is 0.416 e. The fourth-order valence-corrected chi connectivity index (χ4v) is 2.30. The summed E-state index contributed by atoms with van der Waals surface area (Å²) in [5, 5.41) is 6.25. The van der Waals surface area contributed by atoms with E-state index in [1.807, 2.05) is 26.0 Å². The van der Waals surface area contributed by atoms with Crippen LogP contribution in [0.2, 0.25) is 0 Å². The second-order valence-electron chi connectivity index (χ2n) is 5.31. The molecule has 118 valence electrons. The third kappa shape index (κ3) is 4.69.